The first-order chi connectivity index (χ1) is 12.2. The molecule has 1 fully saturated rings. The molecule has 1 aliphatic rings. The largest absolute Gasteiger partial charge is 0.480 e. The van der Waals surface area contributed by atoms with Crippen molar-refractivity contribution in [1.82, 2.24) is 14.8 Å². The van der Waals surface area contributed by atoms with Crippen LogP contribution in [0.2, 0.25) is 0 Å². The van der Waals surface area contributed by atoms with Crippen LogP contribution in [-0.4, -0.2) is 69.5 Å². The van der Waals surface area contributed by atoms with Gasteiger partial charge in [0.15, 0.2) is 0 Å². The molecule has 10 heteroatoms. The fourth-order valence-electron chi connectivity index (χ4n) is 3.02. The molecule has 0 bridgehead atoms. The summed E-state index contributed by atoms with van der Waals surface area (Å²) >= 11 is -0.397. The second-order valence-corrected chi connectivity index (χ2v) is 6.94. The van der Waals surface area contributed by atoms with Crippen LogP contribution in [0.3, 0.4) is 0 Å². The third-order valence-corrected chi connectivity index (χ3v) is 4.98. The number of alkyl halides is 3. The molecule has 1 N–H and O–H groups in total. The molecule has 0 radical (unpaired) electrons. The highest BCUT2D eigenvalue weighted by Gasteiger charge is 2.34. The Morgan fingerprint density at radius 3 is 2.58 bits per heavy atom. The molecule has 0 aromatic carbocycles. The van der Waals surface area contributed by atoms with Crippen molar-refractivity contribution in [3.63, 3.8) is 0 Å². The maximum Gasteiger partial charge on any atom is 0.447 e. The highest BCUT2D eigenvalue weighted by molar-refractivity contribution is 8.00. The molecule has 1 saturated heterocycles. The maximum atomic E-state index is 12.7. The molecule has 26 heavy (non-hydrogen) atoms. The lowest BCUT2D eigenvalue weighted by Crippen LogP contribution is -2.48. The van der Waals surface area contributed by atoms with Crippen molar-refractivity contribution in [3.05, 3.63) is 23.9 Å². The average Bonchev–Trinajstić information content (AvgIpc) is 2.58. The van der Waals surface area contributed by atoms with Crippen molar-refractivity contribution < 1.29 is 27.9 Å². The van der Waals surface area contributed by atoms with E-state index in [-0.39, 0.29) is 23.2 Å². The predicted molar refractivity (Wildman–Crippen MR) is 90.0 cm³/mol. The van der Waals surface area contributed by atoms with Gasteiger partial charge in [0.05, 0.1) is 12.1 Å². The highest BCUT2D eigenvalue weighted by Crippen LogP contribution is 2.37. The second kappa shape index (κ2) is 8.72. The van der Waals surface area contributed by atoms with E-state index in [9.17, 15) is 22.8 Å². The number of likely N-dealkylation sites (N-methyl/N-ethyl adjacent to an activating group) is 1. The Morgan fingerprint density at radius 1 is 1.38 bits per heavy atom. The Labute approximate surface area is 153 Å². The third-order valence-electron chi connectivity index (χ3n) is 4.23. The summed E-state index contributed by atoms with van der Waals surface area (Å²) < 4.78 is 38.0. The molecule has 2 rings (SSSR count). The quantitative estimate of drug-likeness (QED) is 0.752. The monoisotopic (exact) mass is 391 g/mol. The van der Waals surface area contributed by atoms with Crippen molar-refractivity contribution in [3.8, 4) is 0 Å². The lowest BCUT2D eigenvalue weighted by molar-refractivity contribution is -0.139. The summed E-state index contributed by atoms with van der Waals surface area (Å²) in [6.07, 6.45) is 2.38. The van der Waals surface area contributed by atoms with Crippen LogP contribution < -0.4 is 0 Å². The van der Waals surface area contributed by atoms with E-state index < -0.39 is 29.1 Å². The first-order valence-corrected chi connectivity index (χ1v) is 8.98. The number of carbonyl (C=O) groups excluding carboxylic acids is 1. The fraction of sp³-hybridized carbons (Fsp3) is 0.562. The topological polar surface area (TPSA) is 73.7 Å². The number of carbonyl (C=O) groups is 2. The summed E-state index contributed by atoms with van der Waals surface area (Å²) in [6, 6.07) is 2.82. The number of hydrogen-bond acceptors (Lipinski definition) is 5. The summed E-state index contributed by atoms with van der Waals surface area (Å²) in [4.78, 5) is 30.6. The van der Waals surface area contributed by atoms with Gasteiger partial charge in [0.2, 0.25) is 0 Å². The van der Waals surface area contributed by atoms with Crippen LogP contribution in [-0.2, 0) is 4.79 Å². The fourth-order valence-corrected chi connectivity index (χ4v) is 3.62. The van der Waals surface area contributed by atoms with Crippen LogP contribution in [0.4, 0.5) is 13.2 Å². The predicted octanol–water partition coefficient (Wildman–Crippen LogP) is 2.70. The van der Waals surface area contributed by atoms with Gasteiger partial charge in [-0.15, -0.1) is 0 Å². The zero-order chi connectivity index (χ0) is 19.3. The van der Waals surface area contributed by atoms with Crippen LogP contribution >= 0.6 is 11.8 Å². The van der Waals surface area contributed by atoms with Gasteiger partial charge in [-0.3, -0.25) is 14.5 Å². The summed E-state index contributed by atoms with van der Waals surface area (Å²) in [7, 11) is 0. The molecule has 0 unspecified atom stereocenters. The van der Waals surface area contributed by atoms with Gasteiger partial charge in [-0.05, 0) is 31.5 Å². The Bertz CT molecular complexity index is 649. The molecule has 0 aliphatic carbocycles. The number of carboxylic acid groups (broad SMARTS) is 1. The number of nitrogens with zero attached hydrogens (tertiary/aromatic N) is 3. The number of piperidine rings is 1. The van der Waals surface area contributed by atoms with Crippen molar-refractivity contribution >= 4 is 23.6 Å². The number of likely N-dealkylation sites (tertiary alicyclic amines) is 1. The molecule has 144 valence electrons. The molecule has 1 aromatic heterocycles. The van der Waals surface area contributed by atoms with Crippen LogP contribution in [0, 0.1) is 0 Å². The van der Waals surface area contributed by atoms with E-state index in [2.05, 4.69) is 4.98 Å². The number of pyridine rings is 1. The van der Waals surface area contributed by atoms with Gasteiger partial charge in [0.25, 0.3) is 5.91 Å². The Hall–Kier alpha value is -1.81. The molecular formula is C16H20F3N3O3S. The van der Waals surface area contributed by atoms with Crippen LogP contribution in [0.25, 0.3) is 0 Å². The summed E-state index contributed by atoms with van der Waals surface area (Å²) in [5, 5.41) is 8.60. The Morgan fingerprint density at radius 2 is 2.04 bits per heavy atom. The lowest BCUT2D eigenvalue weighted by atomic mass is 10.0. The molecule has 6 nitrogen and oxygen atoms in total. The second-order valence-electron chi connectivity index (χ2n) is 5.88. The van der Waals surface area contributed by atoms with Crippen molar-refractivity contribution in [2.45, 2.75) is 36.3 Å². The van der Waals surface area contributed by atoms with E-state index in [0.29, 0.717) is 32.5 Å². The minimum absolute atomic E-state index is 0.0399. The molecule has 0 saturated carbocycles. The van der Waals surface area contributed by atoms with Gasteiger partial charge < -0.3 is 10.0 Å². The number of carboxylic acids is 1. The minimum Gasteiger partial charge on any atom is -0.480 e. The number of aromatic nitrogens is 1. The van der Waals surface area contributed by atoms with E-state index in [4.69, 9.17) is 5.11 Å². The smallest absolute Gasteiger partial charge is 0.447 e. The van der Waals surface area contributed by atoms with E-state index in [1.54, 1.807) is 0 Å². The standard InChI is InChI=1S/C16H20F3N3O3S/c1-2-21(10-13(23)24)11-5-8-22(9-6-11)15(25)12-4-3-7-20-14(12)26-16(17,18)19/h3-4,7,11H,2,5-6,8-10H2,1H3,(H,23,24). The third kappa shape index (κ3) is 5.60. The first-order valence-electron chi connectivity index (χ1n) is 8.17. The van der Waals surface area contributed by atoms with Crippen LogP contribution in [0.5, 0.6) is 0 Å². The molecule has 0 atom stereocenters. The van der Waals surface area contributed by atoms with Gasteiger partial charge in [-0.1, -0.05) is 6.92 Å². The SMILES string of the molecule is CCN(CC(=O)O)C1CCN(C(=O)c2cccnc2SC(F)(F)F)CC1. The first kappa shape index (κ1) is 20.5. The van der Waals surface area contributed by atoms with Crippen molar-refractivity contribution in [2.24, 2.45) is 0 Å². The van der Waals surface area contributed by atoms with E-state index in [0.717, 1.165) is 0 Å². The van der Waals surface area contributed by atoms with Gasteiger partial charge in [0.1, 0.15) is 5.03 Å². The number of rotatable bonds is 6. The average molecular weight is 391 g/mol. The van der Waals surface area contributed by atoms with E-state index in [1.807, 2.05) is 11.8 Å². The number of aliphatic carboxylic acids is 1. The molecule has 1 amide bonds. The molecule has 1 aromatic rings. The molecule has 1 aliphatic heterocycles. The Kier molecular flexibility index (Phi) is 6.87. The maximum absolute atomic E-state index is 12.7. The number of thioether (sulfide) groups is 1. The molecular weight excluding hydrogens is 371 g/mol. The van der Waals surface area contributed by atoms with E-state index >= 15 is 0 Å². The van der Waals surface area contributed by atoms with Crippen molar-refractivity contribution in [1.29, 1.82) is 0 Å². The molecule has 0 spiro atoms. The zero-order valence-electron chi connectivity index (χ0n) is 14.2. The van der Waals surface area contributed by atoms with Gasteiger partial charge in [-0.25, -0.2) is 4.98 Å². The van der Waals surface area contributed by atoms with Crippen LogP contribution in [0.15, 0.2) is 23.4 Å². The minimum atomic E-state index is -4.52. The number of hydrogen-bond donors (Lipinski definition) is 1. The van der Waals surface area contributed by atoms with Crippen LogP contribution in [0.1, 0.15) is 30.1 Å². The Balaban J connectivity index is 2.04. The summed E-state index contributed by atoms with van der Waals surface area (Å²) in [5.41, 5.74) is -4.58. The lowest BCUT2D eigenvalue weighted by Gasteiger charge is -2.37. The zero-order valence-corrected chi connectivity index (χ0v) is 15.0. The molecule has 2 heterocycles. The summed E-state index contributed by atoms with van der Waals surface area (Å²) in [6.45, 7) is 3.12. The summed E-state index contributed by atoms with van der Waals surface area (Å²) in [5.74, 6) is -1.39. The van der Waals surface area contributed by atoms with Gasteiger partial charge in [-0.2, -0.15) is 13.2 Å². The highest BCUT2D eigenvalue weighted by atomic mass is 32.2. The van der Waals surface area contributed by atoms with E-state index in [1.165, 1.54) is 23.2 Å². The number of halogens is 3. The van der Waals surface area contributed by atoms with Gasteiger partial charge in [0, 0.05) is 37.1 Å². The van der Waals surface area contributed by atoms with Crippen molar-refractivity contribution in [2.75, 3.05) is 26.2 Å². The van der Waals surface area contributed by atoms with Gasteiger partial charge >= 0.3 is 11.5 Å². The number of amides is 1. The normalized spacial score (nSPS) is 16.1.